The van der Waals surface area contributed by atoms with E-state index in [9.17, 15) is 0 Å². The number of nitrogens with one attached hydrogen (secondary N) is 1. The number of pyridine rings is 1. The van der Waals surface area contributed by atoms with E-state index in [2.05, 4.69) is 10.3 Å². The van der Waals surface area contributed by atoms with Crippen LogP contribution in [0.25, 0.3) is 0 Å². The van der Waals surface area contributed by atoms with Crippen LogP contribution in [0.5, 0.6) is 5.88 Å². The lowest BCUT2D eigenvalue weighted by molar-refractivity contribution is 0.282. The summed E-state index contributed by atoms with van der Waals surface area (Å²) in [6.45, 7) is 1.56. The predicted molar refractivity (Wildman–Crippen MR) is 73.7 cm³/mol. The summed E-state index contributed by atoms with van der Waals surface area (Å²) in [7, 11) is 1.62. The molecule has 1 heterocycles. The number of ether oxygens (including phenoxy) is 1. The third-order valence-electron chi connectivity index (χ3n) is 2.89. The maximum Gasteiger partial charge on any atom is 0.217 e. The molecule has 0 aliphatic carbocycles. The molecule has 4 nitrogen and oxygen atoms in total. The van der Waals surface area contributed by atoms with Gasteiger partial charge in [0.25, 0.3) is 0 Å². The summed E-state index contributed by atoms with van der Waals surface area (Å²) in [5.41, 5.74) is 3.15. The molecule has 2 N–H and O–H groups in total. The minimum Gasteiger partial charge on any atom is -0.481 e. The number of aliphatic hydroxyl groups excluding tert-OH is 1. The van der Waals surface area contributed by atoms with Gasteiger partial charge in [-0.25, -0.2) is 4.98 Å². The van der Waals surface area contributed by atoms with Gasteiger partial charge in [0.1, 0.15) is 0 Å². The molecule has 0 spiro atoms. The monoisotopic (exact) mass is 258 g/mol. The molecule has 0 saturated heterocycles. The van der Waals surface area contributed by atoms with Crippen LogP contribution < -0.4 is 10.1 Å². The van der Waals surface area contributed by atoms with Crippen molar-refractivity contribution >= 4 is 0 Å². The first-order chi connectivity index (χ1) is 9.33. The number of hydrogen-bond acceptors (Lipinski definition) is 4. The molecule has 0 radical (unpaired) electrons. The topological polar surface area (TPSA) is 54.4 Å². The summed E-state index contributed by atoms with van der Waals surface area (Å²) >= 11 is 0. The van der Waals surface area contributed by atoms with Gasteiger partial charge in [-0.2, -0.15) is 0 Å². The molecule has 0 saturated carbocycles. The molecule has 2 aromatic rings. The summed E-state index contributed by atoms with van der Waals surface area (Å²) < 4.78 is 5.20. The minimum absolute atomic E-state index is 0.0839. The lowest BCUT2D eigenvalue weighted by Gasteiger charge is -2.08. The molecule has 0 aliphatic heterocycles. The molecule has 1 aromatic carbocycles. The Kier molecular flexibility index (Phi) is 4.89. The van der Waals surface area contributed by atoms with E-state index in [1.165, 1.54) is 5.56 Å². The van der Waals surface area contributed by atoms with Crippen molar-refractivity contribution < 1.29 is 9.84 Å². The number of benzene rings is 1. The van der Waals surface area contributed by atoms with Crippen LogP contribution in [0.2, 0.25) is 0 Å². The standard InChI is InChI=1S/C15H18N2O2/c1-19-15-14(3-2-8-17-15)10-16-9-12-4-6-13(11-18)7-5-12/h2-8,16,18H,9-11H2,1H3. The average molecular weight is 258 g/mol. The summed E-state index contributed by atoms with van der Waals surface area (Å²) in [6, 6.07) is 11.8. The number of aliphatic hydroxyl groups is 1. The van der Waals surface area contributed by atoms with Crippen molar-refractivity contribution in [2.24, 2.45) is 0 Å². The summed E-state index contributed by atoms with van der Waals surface area (Å²) in [6.07, 6.45) is 1.72. The van der Waals surface area contributed by atoms with Gasteiger partial charge < -0.3 is 15.2 Å². The molecule has 0 bridgehead atoms. The van der Waals surface area contributed by atoms with E-state index < -0.39 is 0 Å². The quantitative estimate of drug-likeness (QED) is 0.830. The van der Waals surface area contributed by atoms with Crippen LogP contribution in [-0.4, -0.2) is 17.2 Å². The smallest absolute Gasteiger partial charge is 0.217 e. The fraction of sp³-hybridized carbons (Fsp3) is 0.267. The summed E-state index contributed by atoms with van der Waals surface area (Å²) in [5.74, 6) is 0.658. The normalized spacial score (nSPS) is 10.4. The van der Waals surface area contributed by atoms with Crippen molar-refractivity contribution in [1.82, 2.24) is 10.3 Å². The lowest BCUT2D eigenvalue weighted by atomic mass is 10.1. The predicted octanol–water partition coefficient (Wildman–Crippen LogP) is 1.87. The van der Waals surface area contributed by atoms with Crippen molar-refractivity contribution in [1.29, 1.82) is 0 Å². The zero-order valence-electron chi connectivity index (χ0n) is 11.0. The van der Waals surface area contributed by atoms with Crippen molar-refractivity contribution in [2.75, 3.05) is 7.11 Å². The molecule has 0 fully saturated rings. The van der Waals surface area contributed by atoms with Gasteiger partial charge in [-0.3, -0.25) is 0 Å². The SMILES string of the molecule is COc1ncccc1CNCc1ccc(CO)cc1. The summed E-state index contributed by atoms with van der Waals surface area (Å²) in [5, 5.41) is 12.3. The molecule has 0 aliphatic rings. The largest absolute Gasteiger partial charge is 0.481 e. The Labute approximate surface area is 113 Å². The Bertz CT molecular complexity index is 512. The van der Waals surface area contributed by atoms with Gasteiger partial charge >= 0.3 is 0 Å². The minimum atomic E-state index is 0.0839. The van der Waals surface area contributed by atoms with E-state index in [4.69, 9.17) is 9.84 Å². The van der Waals surface area contributed by atoms with Crippen LogP contribution in [0, 0.1) is 0 Å². The first-order valence-corrected chi connectivity index (χ1v) is 6.20. The third-order valence-corrected chi connectivity index (χ3v) is 2.89. The van der Waals surface area contributed by atoms with Crippen LogP contribution in [0.3, 0.4) is 0 Å². The van der Waals surface area contributed by atoms with E-state index >= 15 is 0 Å². The van der Waals surface area contributed by atoms with Gasteiger partial charge in [0.05, 0.1) is 13.7 Å². The maximum atomic E-state index is 8.97. The van der Waals surface area contributed by atoms with Crippen LogP contribution in [-0.2, 0) is 19.7 Å². The van der Waals surface area contributed by atoms with Crippen LogP contribution in [0.15, 0.2) is 42.6 Å². The molecule has 2 rings (SSSR count). The molecule has 0 amide bonds. The lowest BCUT2D eigenvalue weighted by Crippen LogP contribution is -2.13. The first kappa shape index (κ1) is 13.5. The Hall–Kier alpha value is -1.91. The Morgan fingerprint density at radius 2 is 1.84 bits per heavy atom. The molecular formula is C15H18N2O2. The zero-order valence-corrected chi connectivity index (χ0v) is 11.0. The number of hydrogen-bond donors (Lipinski definition) is 2. The van der Waals surface area contributed by atoms with Gasteiger partial charge in [-0.1, -0.05) is 30.3 Å². The molecule has 0 unspecified atom stereocenters. The van der Waals surface area contributed by atoms with E-state index in [1.807, 2.05) is 36.4 Å². The van der Waals surface area contributed by atoms with E-state index in [-0.39, 0.29) is 6.61 Å². The number of nitrogens with zero attached hydrogens (tertiary/aromatic N) is 1. The number of methoxy groups -OCH3 is 1. The van der Waals surface area contributed by atoms with Gasteiger partial charge in [0.2, 0.25) is 5.88 Å². The van der Waals surface area contributed by atoms with Gasteiger partial charge in [0, 0.05) is 24.8 Å². The fourth-order valence-electron chi connectivity index (χ4n) is 1.85. The molecule has 4 heteroatoms. The van der Waals surface area contributed by atoms with Gasteiger partial charge in [-0.15, -0.1) is 0 Å². The fourth-order valence-corrected chi connectivity index (χ4v) is 1.85. The van der Waals surface area contributed by atoms with Crippen molar-refractivity contribution in [3.05, 3.63) is 59.3 Å². The van der Waals surface area contributed by atoms with E-state index in [0.717, 1.165) is 17.7 Å². The zero-order chi connectivity index (χ0) is 13.5. The molecule has 0 atom stereocenters. The molecule has 19 heavy (non-hydrogen) atoms. The number of aromatic nitrogens is 1. The van der Waals surface area contributed by atoms with Crippen molar-refractivity contribution in [3.8, 4) is 5.88 Å². The maximum absolute atomic E-state index is 8.97. The Morgan fingerprint density at radius 1 is 1.11 bits per heavy atom. The van der Waals surface area contributed by atoms with E-state index in [1.54, 1.807) is 13.3 Å². The van der Waals surface area contributed by atoms with Crippen LogP contribution >= 0.6 is 0 Å². The second-order valence-electron chi connectivity index (χ2n) is 4.25. The molecule has 1 aromatic heterocycles. The molecular weight excluding hydrogens is 240 g/mol. The van der Waals surface area contributed by atoms with Crippen molar-refractivity contribution in [3.63, 3.8) is 0 Å². The highest BCUT2D eigenvalue weighted by Crippen LogP contribution is 2.13. The Balaban J connectivity index is 1.88. The third kappa shape index (κ3) is 3.77. The number of rotatable bonds is 6. The highest BCUT2D eigenvalue weighted by atomic mass is 16.5. The molecule has 100 valence electrons. The van der Waals surface area contributed by atoms with E-state index in [0.29, 0.717) is 12.4 Å². The second kappa shape index (κ2) is 6.87. The first-order valence-electron chi connectivity index (χ1n) is 6.20. The average Bonchev–Trinajstić information content (AvgIpc) is 2.48. The Morgan fingerprint density at radius 3 is 2.53 bits per heavy atom. The second-order valence-corrected chi connectivity index (χ2v) is 4.25. The van der Waals surface area contributed by atoms with Crippen LogP contribution in [0.1, 0.15) is 16.7 Å². The van der Waals surface area contributed by atoms with Gasteiger partial charge in [-0.05, 0) is 17.2 Å². The van der Waals surface area contributed by atoms with Gasteiger partial charge in [0.15, 0.2) is 0 Å². The van der Waals surface area contributed by atoms with Crippen molar-refractivity contribution in [2.45, 2.75) is 19.7 Å². The van der Waals surface area contributed by atoms with Crippen LogP contribution in [0.4, 0.5) is 0 Å². The highest BCUT2D eigenvalue weighted by molar-refractivity contribution is 5.25. The highest BCUT2D eigenvalue weighted by Gasteiger charge is 2.02. The summed E-state index contributed by atoms with van der Waals surface area (Å²) in [4.78, 5) is 4.16.